The van der Waals surface area contributed by atoms with Gasteiger partial charge in [0.2, 0.25) is 0 Å². The van der Waals surface area contributed by atoms with Crippen molar-refractivity contribution < 1.29 is 0 Å². The van der Waals surface area contributed by atoms with Crippen LogP contribution in [0, 0.1) is 5.41 Å². The Labute approximate surface area is 103 Å². The Hall–Kier alpha value is -0.340. The zero-order valence-electron chi connectivity index (χ0n) is 8.39. The summed E-state index contributed by atoms with van der Waals surface area (Å²) in [6.45, 7) is 0. The number of halogens is 2. The molecule has 0 amide bonds. The van der Waals surface area contributed by atoms with Crippen LogP contribution in [0.25, 0.3) is 0 Å². The smallest absolute Gasteiger partial charge is 0.0677 e. The summed E-state index contributed by atoms with van der Waals surface area (Å²) in [5.74, 6) is 0. The van der Waals surface area contributed by atoms with Gasteiger partial charge in [0.25, 0.3) is 0 Å². The van der Waals surface area contributed by atoms with Gasteiger partial charge in [0.15, 0.2) is 0 Å². The third-order valence-electron chi connectivity index (χ3n) is 2.99. The maximum atomic E-state index is 8.23. The number of nitrogens with one attached hydrogen (secondary N) is 1. The van der Waals surface area contributed by atoms with E-state index in [0.717, 1.165) is 18.4 Å². The fourth-order valence-corrected chi connectivity index (χ4v) is 3.10. The van der Waals surface area contributed by atoms with Crippen molar-refractivity contribution in [3.63, 3.8) is 0 Å². The third-order valence-corrected chi connectivity index (χ3v) is 4.51. The Morgan fingerprint density at radius 3 is 2.47 bits per heavy atom. The van der Waals surface area contributed by atoms with Crippen molar-refractivity contribution in [3.8, 4) is 0 Å². The van der Waals surface area contributed by atoms with Crippen LogP contribution in [-0.4, -0.2) is 10.0 Å². The second kappa shape index (κ2) is 4.26. The van der Waals surface area contributed by atoms with Crippen LogP contribution in [-0.2, 0) is 0 Å². The van der Waals surface area contributed by atoms with Crippen LogP contribution in [0.4, 0.5) is 0 Å². The number of rotatable bonds is 2. The molecule has 1 aromatic carbocycles. The first-order valence-electron chi connectivity index (χ1n) is 5.16. The highest BCUT2D eigenvalue weighted by molar-refractivity contribution is 9.10. The Morgan fingerprint density at radius 2 is 1.87 bits per heavy atom. The molecule has 1 aliphatic carbocycles. The van der Waals surface area contributed by atoms with Crippen molar-refractivity contribution in [1.29, 1.82) is 5.41 Å². The van der Waals surface area contributed by atoms with Crippen molar-refractivity contribution in [2.75, 3.05) is 0 Å². The molecule has 80 valence electrons. The molecule has 0 bridgehead atoms. The number of hydrogen-bond donors (Lipinski definition) is 1. The number of hydrogen-bond acceptors (Lipinski definition) is 1. The summed E-state index contributed by atoms with van der Waals surface area (Å²) >= 11 is 9.80. The van der Waals surface area contributed by atoms with Crippen molar-refractivity contribution in [3.05, 3.63) is 34.9 Å². The van der Waals surface area contributed by atoms with Crippen LogP contribution in [0.2, 0.25) is 5.02 Å². The van der Waals surface area contributed by atoms with Gasteiger partial charge in [-0.3, -0.25) is 0 Å². The number of alkyl halides is 1. The summed E-state index contributed by atoms with van der Waals surface area (Å²) in [5.41, 5.74) is 1.49. The van der Waals surface area contributed by atoms with Crippen LogP contribution in [0.5, 0.6) is 0 Å². The molecule has 0 aromatic heterocycles. The van der Waals surface area contributed by atoms with Gasteiger partial charge >= 0.3 is 0 Å². The van der Waals surface area contributed by atoms with Crippen molar-refractivity contribution >= 4 is 33.2 Å². The lowest BCUT2D eigenvalue weighted by atomic mass is 9.95. The van der Waals surface area contributed by atoms with E-state index < -0.39 is 0 Å². The molecule has 0 saturated heterocycles. The van der Waals surface area contributed by atoms with Crippen molar-refractivity contribution in [1.82, 2.24) is 0 Å². The maximum Gasteiger partial charge on any atom is 0.0677 e. The Balaban J connectivity index is 2.32. The summed E-state index contributed by atoms with van der Waals surface area (Å²) in [4.78, 5) is 0. The first-order valence-corrected chi connectivity index (χ1v) is 6.33. The summed E-state index contributed by atoms with van der Waals surface area (Å²) in [6, 6.07) is 7.60. The maximum absolute atomic E-state index is 8.23. The normalized spacial score (nSPS) is 19.1. The number of benzene rings is 1. The molecule has 0 radical (unpaired) electrons. The molecule has 1 fully saturated rings. The van der Waals surface area contributed by atoms with E-state index in [1.165, 1.54) is 12.8 Å². The lowest BCUT2D eigenvalue weighted by molar-refractivity contribution is 0.799. The predicted molar refractivity (Wildman–Crippen MR) is 68.4 cm³/mol. The Morgan fingerprint density at radius 1 is 1.27 bits per heavy atom. The van der Waals surface area contributed by atoms with Gasteiger partial charge in [0.1, 0.15) is 0 Å². The van der Waals surface area contributed by atoms with Crippen LogP contribution >= 0.6 is 27.5 Å². The highest BCUT2D eigenvalue weighted by Crippen LogP contribution is 2.41. The van der Waals surface area contributed by atoms with Gasteiger partial charge in [-0.25, -0.2) is 0 Å². The molecular formula is C12H13BrClN. The molecule has 0 spiro atoms. The third kappa shape index (κ3) is 2.11. The molecule has 1 N–H and O–H groups in total. The summed E-state index contributed by atoms with van der Waals surface area (Å²) in [6.07, 6.45) is 4.46. The summed E-state index contributed by atoms with van der Waals surface area (Å²) in [7, 11) is 0. The van der Waals surface area contributed by atoms with Gasteiger partial charge in [0.05, 0.1) is 10.0 Å². The van der Waals surface area contributed by atoms with Gasteiger partial charge in [-0.05, 0) is 18.9 Å². The van der Waals surface area contributed by atoms with E-state index in [9.17, 15) is 0 Å². The topological polar surface area (TPSA) is 23.9 Å². The highest BCUT2D eigenvalue weighted by atomic mass is 79.9. The lowest BCUT2D eigenvalue weighted by Crippen LogP contribution is -2.28. The largest absolute Gasteiger partial charge is 0.303 e. The summed E-state index contributed by atoms with van der Waals surface area (Å²) < 4.78 is -0.141. The lowest BCUT2D eigenvalue weighted by Gasteiger charge is -2.23. The van der Waals surface area contributed by atoms with E-state index in [1.54, 1.807) is 0 Å². The minimum absolute atomic E-state index is 0.141. The molecule has 0 unspecified atom stereocenters. The van der Waals surface area contributed by atoms with Crippen molar-refractivity contribution in [2.45, 2.75) is 30.0 Å². The van der Waals surface area contributed by atoms with Crippen LogP contribution in [0.3, 0.4) is 0 Å². The predicted octanol–water partition coefficient (Wildman–Crippen LogP) is 4.42. The quantitative estimate of drug-likeness (QED) is 0.615. The average Bonchev–Trinajstić information content (AvgIpc) is 2.66. The Kier molecular flexibility index (Phi) is 3.17. The second-order valence-electron chi connectivity index (χ2n) is 4.03. The van der Waals surface area contributed by atoms with E-state index >= 15 is 0 Å². The van der Waals surface area contributed by atoms with Crippen molar-refractivity contribution in [2.24, 2.45) is 0 Å². The molecule has 1 aromatic rings. The molecule has 0 heterocycles. The van der Waals surface area contributed by atoms with Gasteiger partial charge in [-0.15, -0.1) is 0 Å². The van der Waals surface area contributed by atoms with Crippen LogP contribution < -0.4 is 0 Å². The monoisotopic (exact) mass is 285 g/mol. The first-order chi connectivity index (χ1) is 7.13. The minimum atomic E-state index is -0.141. The van der Waals surface area contributed by atoms with E-state index in [2.05, 4.69) is 15.9 Å². The molecule has 3 heteroatoms. The molecular weight excluding hydrogens is 273 g/mol. The Bertz CT molecular complexity index is 383. The van der Waals surface area contributed by atoms with E-state index in [-0.39, 0.29) is 4.32 Å². The SMILES string of the molecule is N=C(c1ccccc1Cl)C1(Br)CCCC1. The standard InChI is InChI=1S/C12H13BrClN/c13-12(7-3-4-8-12)11(15)9-5-1-2-6-10(9)14/h1-2,5-6,15H,3-4,7-8H2. The van der Waals surface area contributed by atoms with E-state index in [1.807, 2.05) is 24.3 Å². The van der Waals surface area contributed by atoms with Gasteiger partial charge in [-0.2, -0.15) is 0 Å². The fraction of sp³-hybridized carbons (Fsp3) is 0.417. The molecule has 2 rings (SSSR count). The van der Waals surface area contributed by atoms with Gasteiger partial charge in [-0.1, -0.05) is 58.6 Å². The summed E-state index contributed by atoms with van der Waals surface area (Å²) in [5, 5.41) is 8.91. The molecule has 15 heavy (non-hydrogen) atoms. The van der Waals surface area contributed by atoms with Gasteiger partial charge in [0, 0.05) is 10.6 Å². The average molecular weight is 287 g/mol. The fourth-order valence-electron chi connectivity index (χ4n) is 2.09. The van der Waals surface area contributed by atoms with Gasteiger partial charge < -0.3 is 5.41 Å². The first kappa shape index (κ1) is 11.2. The zero-order valence-corrected chi connectivity index (χ0v) is 10.7. The molecule has 0 atom stereocenters. The molecule has 1 nitrogen and oxygen atoms in total. The van der Waals surface area contributed by atoms with E-state index in [4.69, 9.17) is 17.0 Å². The second-order valence-corrected chi connectivity index (χ2v) is 5.95. The molecule has 1 saturated carbocycles. The molecule has 0 aliphatic heterocycles. The van der Waals surface area contributed by atoms with Crippen LogP contribution in [0.1, 0.15) is 31.2 Å². The van der Waals surface area contributed by atoms with E-state index in [0.29, 0.717) is 10.7 Å². The van der Waals surface area contributed by atoms with Crippen LogP contribution in [0.15, 0.2) is 24.3 Å². The zero-order chi connectivity index (χ0) is 10.9. The molecule has 1 aliphatic rings. The minimum Gasteiger partial charge on any atom is -0.303 e. The highest BCUT2D eigenvalue weighted by Gasteiger charge is 2.36.